The van der Waals surface area contributed by atoms with Crippen molar-refractivity contribution in [2.75, 3.05) is 0 Å². The topological polar surface area (TPSA) is 35.2 Å². The Labute approximate surface area is 124 Å². The molecule has 0 atom stereocenters. The van der Waals surface area contributed by atoms with Gasteiger partial charge in [-0.3, -0.25) is 0 Å². The quantitative estimate of drug-likeness (QED) is 0.898. The van der Waals surface area contributed by atoms with Crippen LogP contribution in [0.25, 0.3) is 0 Å². The standard InChI is InChI=1S/C14H12BrClFNO/c15-10-4-5-14(9(6-10)7-18)19-8-11-12(16)2-1-3-13(11)17/h1-6H,7-8,18H2. The molecule has 2 N–H and O–H groups in total. The van der Waals surface area contributed by atoms with Gasteiger partial charge in [0.25, 0.3) is 0 Å². The summed E-state index contributed by atoms with van der Waals surface area (Å²) < 4.78 is 20.1. The van der Waals surface area contributed by atoms with Crippen LogP contribution in [0.3, 0.4) is 0 Å². The van der Waals surface area contributed by atoms with Crippen molar-refractivity contribution in [1.82, 2.24) is 0 Å². The number of halogens is 3. The summed E-state index contributed by atoms with van der Waals surface area (Å²) in [4.78, 5) is 0. The average Bonchev–Trinajstić information content (AvgIpc) is 2.39. The van der Waals surface area contributed by atoms with Gasteiger partial charge in [-0.05, 0) is 30.3 Å². The zero-order valence-corrected chi connectivity index (χ0v) is 12.3. The van der Waals surface area contributed by atoms with E-state index in [2.05, 4.69) is 15.9 Å². The van der Waals surface area contributed by atoms with Crippen molar-refractivity contribution < 1.29 is 9.13 Å². The minimum absolute atomic E-state index is 0.0696. The van der Waals surface area contributed by atoms with Crippen molar-refractivity contribution in [1.29, 1.82) is 0 Å². The van der Waals surface area contributed by atoms with E-state index in [-0.39, 0.29) is 12.4 Å². The number of benzene rings is 2. The molecule has 100 valence electrons. The van der Waals surface area contributed by atoms with E-state index in [9.17, 15) is 4.39 Å². The molecule has 0 aliphatic heterocycles. The molecule has 0 saturated carbocycles. The van der Waals surface area contributed by atoms with Crippen LogP contribution in [0.5, 0.6) is 5.75 Å². The molecule has 0 spiro atoms. The Balaban J connectivity index is 2.19. The number of hydrogen-bond acceptors (Lipinski definition) is 2. The van der Waals surface area contributed by atoms with Crippen molar-refractivity contribution in [3.63, 3.8) is 0 Å². The van der Waals surface area contributed by atoms with Gasteiger partial charge >= 0.3 is 0 Å². The second-order valence-electron chi connectivity index (χ2n) is 3.95. The van der Waals surface area contributed by atoms with Crippen LogP contribution in [0.4, 0.5) is 4.39 Å². The first-order valence-electron chi connectivity index (χ1n) is 5.66. The molecular formula is C14H12BrClFNO. The third-order valence-corrected chi connectivity index (χ3v) is 3.52. The van der Waals surface area contributed by atoms with Gasteiger partial charge in [0.05, 0.1) is 5.02 Å². The summed E-state index contributed by atoms with van der Waals surface area (Å²) in [6.07, 6.45) is 0. The Morgan fingerprint density at radius 1 is 1.26 bits per heavy atom. The van der Waals surface area contributed by atoms with Crippen molar-refractivity contribution in [3.8, 4) is 5.75 Å². The molecule has 2 aromatic carbocycles. The van der Waals surface area contributed by atoms with Crippen molar-refractivity contribution in [2.45, 2.75) is 13.2 Å². The van der Waals surface area contributed by atoms with Gasteiger partial charge < -0.3 is 10.5 Å². The molecule has 0 aliphatic carbocycles. The highest BCUT2D eigenvalue weighted by Gasteiger charge is 2.09. The van der Waals surface area contributed by atoms with Gasteiger partial charge in [-0.25, -0.2) is 4.39 Å². The Hall–Kier alpha value is -1.10. The molecule has 0 aromatic heterocycles. The van der Waals surface area contributed by atoms with Crippen LogP contribution in [0.1, 0.15) is 11.1 Å². The summed E-state index contributed by atoms with van der Waals surface area (Å²) in [5, 5.41) is 0.353. The van der Waals surface area contributed by atoms with Gasteiger partial charge in [-0.2, -0.15) is 0 Å². The highest BCUT2D eigenvalue weighted by molar-refractivity contribution is 9.10. The van der Waals surface area contributed by atoms with Crippen molar-refractivity contribution >= 4 is 27.5 Å². The molecule has 0 saturated heterocycles. The predicted octanol–water partition coefficient (Wildman–Crippen LogP) is 4.28. The second-order valence-corrected chi connectivity index (χ2v) is 5.27. The summed E-state index contributed by atoms with van der Waals surface area (Å²) in [7, 11) is 0. The molecule has 0 heterocycles. The van der Waals surface area contributed by atoms with E-state index in [4.69, 9.17) is 22.1 Å². The first-order valence-corrected chi connectivity index (χ1v) is 6.83. The van der Waals surface area contributed by atoms with Crippen LogP contribution in [-0.4, -0.2) is 0 Å². The average molecular weight is 345 g/mol. The fourth-order valence-corrected chi connectivity index (χ4v) is 2.29. The van der Waals surface area contributed by atoms with Crippen LogP contribution in [0, 0.1) is 5.82 Å². The maximum atomic E-state index is 13.6. The molecule has 0 aliphatic rings. The van der Waals surface area contributed by atoms with E-state index in [0.29, 0.717) is 22.9 Å². The van der Waals surface area contributed by atoms with Gasteiger partial charge in [-0.15, -0.1) is 0 Å². The lowest BCUT2D eigenvalue weighted by Crippen LogP contribution is -2.04. The lowest BCUT2D eigenvalue weighted by Gasteiger charge is -2.12. The van der Waals surface area contributed by atoms with Crippen molar-refractivity contribution in [3.05, 3.63) is 62.8 Å². The molecule has 2 rings (SSSR count). The van der Waals surface area contributed by atoms with E-state index in [1.54, 1.807) is 18.2 Å². The largest absolute Gasteiger partial charge is 0.488 e. The van der Waals surface area contributed by atoms with Crippen LogP contribution in [0.15, 0.2) is 40.9 Å². The van der Waals surface area contributed by atoms with E-state index in [1.807, 2.05) is 12.1 Å². The molecule has 0 bridgehead atoms. The van der Waals surface area contributed by atoms with Crippen LogP contribution < -0.4 is 10.5 Å². The molecule has 5 heteroatoms. The van der Waals surface area contributed by atoms with Crippen LogP contribution in [-0.2, 0) is 13.2 Å². The Morgan fingerprint density at radius 2 is 2.05 bits per heavy atom. The van der Waals surface area contributed by atoms with Gasteiger partial charge in [-0.1, -0.05) is 33.6 Å². The SMILES string of the molecule is NCc1cc(Br)ccc1OCc1c(F)cccc1Cl. The van der Waals surface area contributed by atoms with E-state index < -0.39 is 0 Å². The first-order chi connectivity index (χ1) is 9.11. The number of ether oxygens (including phenoxy) is 1. The fraction of sp³-hybridized carbons (Fsp3) is 0.143. The maximum absolute atomic E-state index is 13.6. The summed E-state index contributed by atoms with van der Waals surface area (Å²) >= 11 is 9.31. The van der Waals surface area contributed by atoms with Gasteiger partial charge in [0.2, 0.25) is 0 Å². The van der Waals surface area contributed by atoms with E-state index in [1.165, 1.54) is 6.07 Å². The minimum atomic E-state index is -0.376. The molecule has 2 aromatic rings. The highest BCUT2D eigenvalue weighted by atomic mass is 79.9. The predicted molar refractivity (Wildman–Crippen MR) is 77.8 cm³/mol. The van der Waals surface area contributed by atoms with Crippen molar-refractivity contribution in [2.24, 2.45) is 5.73 Å². The number of rotatable bonds is 4. The van der Waals surface area contributed by atoms with E-state index >= 15 is 0 Å². The monoisotopic (exact) mass is 343 g/mol. The fourth-order valence-electron chi connectivity index (χ4n) is 1.67. The zero-order chi connectivity index (χ0) is 13.8. The molecule has 19 heavy (non-hydrogen) atoms. The van der Waals surface area contributed by atoms with E-state index in [0.717, 1.165) is 10.0 Å². The summed E-state index contributed by atoms with van der Waals surface area (Å²) in [5.41, 5.74) is 6.84. The Kier molecular flexibility index (Phi) is 4.80. The third kappa shape index (κ3) is 3.47. The summed E-state index contributed by atoms with van der Waals surface area (Å²) in [6.45, 7) is 0.417. The molecule has 0 amide bonds. The number of hydrogen-bond donors (Lipinski definition) is 1. The van der Waals surface area contributed by atoms with Gasteiger partial charge in [0, 0.05) is 22.1 Å². The minimum Gasteiger partial charge on any atom is -0.488 e. The Morgan fingerprint density at radius 3 is 2.74 bits per heavy atom. The molecule has 0 unspecified atom stereocenters. The van der Waals surface area contributed by atoms with Crippen LogP contribution >= 0.6 is 27.5 Å². The third-order valence-electron chi connectivity index (χ3n) is 2.68. The molecule has 0 fully saturated rings. The zero-order valence-electron chi connectivity index (χ0n) is 10.00. The summed E-state index contributed by atoms with van der Waals surface area (Å²) in [5.74, 6) is 0.254. The molecular weight excluding hydrogens is 333 g/mol. The highest BCUT2D eigenvalue weighted by Crippen LogP contribution is 2.26. The molecule has 2 nitrogen and oxygen atoms in total. The Bertz CT molecular complexity index is 571. The van der Waals surface area contributed by atoms with Gasteiger partial charge in [0.15, 0.2) is 0 Å². The number of nitrogens with two attached hydrogens (primary N) is 1. The molecule has 0 radical (unpaired) electrons. The lowest BCUT2D eigenvalue weighted by atomic mass is 10.2. The van der Waals surface area contributed by atoms with Gasteiger partial charge in [0.1, 0.15) is 18.2 Å². The lowest BCUT2D eigenvalue weighted by molar-refractivity contribution is 0.297. The summed E-state index contributed by atoms with van der Waals surface area (Å²) in [6, 6.07) is 10.1. The normalized spacial score (nSPS) is 10.5. The second kappa shape index (κ2) is 6.37. The van der Waals surface area contributed by atoms with Crippen LogP contribution in [0.2, 0.25) is 5.02 Å². The smallest absolute Gasteiger partial charge is 0.131 e. The first kappa shape index (κ1) is 14.3. The maximum Gasteiger partial charge on any atom is 0.131 e.